The number of hydrogen-bond acceptors (Lipinski definition) is 4. The van der Waals surface area contributed by atoms with E-state index in [1.54, 1.807) is 17.0 Å². The molecule has 1 aromatic heterocycles. The van der Waals surface area contributed by atoms with Gasteiger partial charge in [0.2, 0.25) is 0 Å². The summed E-state index contributed by atoms with van der Waals surface area (Å²) >= 11 is 0. The third-order valence-electron chi connectivity index (χ3n) is 4.89. The summed E-state index contributed by atoms with van der Waals surface area (Å²) in [4.78, 5) is 33.2. The maximum Gasteiger partial charge on any atom is 0.274 e. The number of nitrogens with one attached hydrogen (secondary N) is 1. The number of carbonyl (C=O) groups is 2. The fourth-order valence-electron chi connectivity index (χ4n) is 3.31. The van der Waals surface area contributed by atoms with Crippen LogP contribution in [-0.4, -0.2) is 47.9 Å². The number of anilines is 2. The first-order chi connectivity index (χ1) is 13.1. The molecule has 1 saturated heterocycles. The number of nitrogens with zero attached hydrogens (tertiary/aromatic N) is 3. The van der Waals surface area contributed by atoms with E-state index >= 15 is 0 Å². The van der Waals surface area contributed by atoms with Crippen molar-refractivity contribution in [2.75, 3.05) is 36.4 Å². The van der Waals surface area contributed by atoms with E-state index in [2.05, 4.69) is 15.2 Å². The molecule has 6 heteroatoms. The lowest BCUT2D eigenvalue weighted by Gasteiger charge is -2.19. The zero-order valence-electron chi connectivity index (χ0n) is 15.9. The number of carbonyl (C=O) groups excluding carboxylic acids is 2. The van der Waals surface area contributed by atoms with Crippen molar-refractivity contribution in [1.82, 2.24) is 9.88 Å². The van der Waals surface area contributed by atoms with Gasteiger partial charge in [0.15, 0.2) is 0 Å². The summed E-state index contributed by atoms with van der Waals surface area (Å²) < 4.78 is 0. The Balaban J connectivity index is 1.69. The summed E-state index contributed by atoms with van der Waals surface area (Å²) in [7, 11) is 0. The molecule has 0 spiro atoms. The van der Waals surface area contributed by atoms with Crippen LogP contribution >= 0.6 is 0 Å². The van der Waals surface area contributed by atoms with Crippen LogP contribution in [0.2, 0.25) is 0 Å². The van der Waals surface area contributed by atoms with Crippen molar-refractivity contribution in [3.8, 4) is 0 Å². The van der Waals surface area contributed by atoms with Crippen molar-refractivity contribution in [1.29, 1.82) is 0 Å². The molecule has 2 heterocycles. The maximum absolute atomic E-state index is 12.5. The second-order valence-corrected chi connectivity index (χ2v) is 6.60. The number of pyridine rings is 1. The lowest BCUT2D eigenvalue weighted by molar-refractivity contribution is 0.0773. The number of hydrogen-bond donors (Lipinski definition) is 1. The average molecular weight is 366 g/mol. The number of rotatable bonds is 6. The molecule has 6 nitrogen and oxygen atoms in total. The quantitative estimate of drug-likeness (QED) is 0.851. The van der Waals surface area contributed by atoms with Gasteiger partial charge in [-0.2, -0.15) is 0 Å². The van der Waals surface area contributed by atoms with Crippen molar-refractivity contribution in [3.05, 3.63) is 53.9 Å². The van der Waals surface area contributed by atoms with Crippen LogP contribution in [0.1, 0.15) is 47.5 Å². The molecule has 0 radical (unpaired) electrons. The van der Waals surface area contributed by atoms with Gasteiger partial charge in [0.05, 0.1) is 0 Å². The Morgan fingerprint density at radius 3 is 2.37 bits per heavy atom. The minimum Gasteiger partial charge on any atom is -0.372 e. The van der Waals surface area contributed by atoms with E-state index in [1.165, 1.54) is 24.7 Å². The lowest BCUT2D eigenvalue weighted by Crippen LogP contribution is -2.30. The van der Waals surface area contributed by atoms with Crippen molar-refractivity contribution in [3.63, 3.8) is 0 Å². The Hall–Kier alpha value is -2.89. The highest BCUT2D eigenvalue weighted by atomic mass is 16.2. The SMILES string of the molecule is CCN(CC)C(=O)c1ccnc(C(=O)Nc2ccc(N3CCCC3)cc2)c1. The van der Waals surface area contributed by atoms with Crippen LogP contribution in [0, 0.1) is 0 Å². The molecule has 2 amide bonds. The molecule has 142 valence electrons. The van der Waals surface area contributed by atoms with Crippen molar-refractivity contribution < 1.29 is 9.59 Å². The number of amides is 2. The topological polar surface area (TPSA) is 65.5 Å². The zero-order chi connectivity index (χ0) is 19.2. The van der Waals surface area contributed by atoms with Crippen LogP contribution in [0.4, 0.5) is 11.4 Å². The summed E-state index contributed by atoms with van der Waals surface area (Å²) in [5.41, 5.74) is 2.60. The molecule has 0 bridgehead atoms. The molecular weight excluding hydrogens is 340 g/mol. The molecule has 1 fully saturated rings. The van der Waals surface area contributed by atoms with E-state index in [-0.39, 0.29) is 17.5 Å². The molecule has 0 aliphatic carbocycles. The van der Waals surface area contributed by atoms with E-state index in [0.29, 0.717) is 24.3 Å². The first-order valence-electron chi connectivity index (χ1n) is 9.54. The molecule has 1 aromatic carbocycles. The van der Waals surface area contributed by atoms with Gasteiger partial charge in [-0.1, -0.05) is 0 Å². The molecule has 27 heavy (non-hydrogen) atoms. The normalized spacial score (nSPS) is 13.5. The second kappa shape index (κ2) is 8.66. The van der Waals surface area contributed by atoms with E-state index in [1.807, 2.05) is 38.1 Å². The van der Waals surface area contributed by atoms with Gasteiger partial charge in [-0.05, 0) is 63.1 Å². The molecule has 1 aliphatic heterocycles. The van der Waals surface area contributed by atoms with Gasteiger partial charge in [-0.3, -0.25) is 14.6 Å². The summed E-state index contributed by atoms with van der Waals surface area (Å²) in [6.45, 7) is 7.29. The predicted octanol–water partition coefficient (Wildman–Crippen LogP) is 3.42. The summed E-state index contributed by atoms with van der Waals surface area (Å²) in [5, 5.41) is 2.85. The van der Waals surface area contributed by atoms with Crippen molar-refractivity contribution in [2.45, 2.75) is 26.7 Å². The van der Waals surface area contributed by atoms with Gasteiger partial charge in [0, 0.05) is 49.3 Å². The molecule has 0 atom stereocenters. The van der Waals surface area contributed by atoms with Gasteiger partial charge < -0.3 is 15.1 Å². The standard InChI is InChI=1S/C21H26N4O2/c1-3-24(4-2)21(27)16-11-12-22-19(15-16)20(26)23-17-7-9-18(10-8-17)25-13-5-6-14-25/h7-12,15H,3-6,13-14H2,1-2H3,(H,23,26). The molecule has 1 N–H and O–H groups in total. The van der Waals surface area contributed by atoms with Crippen LogP contribution in [-0.2, 0) is 0 Å². The fraction of sp³-hybridized carbons (Fsp3) is 0.381. The summed E-state index contributed by atoms with van der Waals surface area (Å²) in [6.07, 6.45) is 3.96. The van der Waals surface area contributed by atoms with E-state index < -0.39 is 0 Å². The minimum atomic E-state index is -0.321. The Kier molecular flexibility index (Phi) is 6.06. The third kappa shape index (κ3) is 4.45. The van der Waals surface area contributed by atoms with Gasteiger partial charge in [-0.25, -0.2) is 0 Å². The average Bonchev–Trinajstić information content (AvgIpc) is 3.24. The summed E-state index contributed by atoms with van der Waals surface area (Å²) in [6, 6.07) is 11.0. The molecule has 2 aromatic rings. The van der Waals surface area contributed by atoms with Gasteiger partial charge >= 0.3 is 0 Å². The Bertz CT molecular complexity index is 794. The highest BCUT2D eigenvalue weighted by Crippen LogP contribution is 2.22. The monoisotopic (exact) mass is 366 g/mol. The Morgan fingerprint density at radius 2 is 1.74 bits per heavy atom. The van der Waals surface area contributed by atoms with E-state index in [4.69, 9.17) is 0 Å². The largest absolute Gasteiger partial charge is 0.372 e. The van der Waals surface area contributed by atoms with Crippen LogP contribution in [0.5, 0.6) is 0 Å². The number of benzene rings is 1. The highest BCUT2D eigenvalue weighted by Gasteiger charge is 2.16. The molecule has 1 aliphatic rings. The van der Waals surface area contributed by atoms with E-state index in [0.717, 1.165) is 13.1 Å². The molecule has 0 saturated carbocycles. The van der Waals surface area contributed by atoms with Gasteiger partial charge in [0.25, 0.3) is 11.8 Å². The first-order valence-corrected chi connectivity index (χ1v) is 9.54. The van der Waals surface area contributed by atoms with E-state index in [9.17, 15) is 9.59 Å². The minimum absolute atomic E-state index is 0.0913. The van der Waals surface area contributed by atoms with Gasteiger partial charge in [0.1, 0.15) is 5.69 Å². The molecule has 3 rings (SSSR count). The fourth-order valence-corrected chi connectivity index (χ4v) is 3.31. The predicted molar refractivity (Wildman–Crippen MR) is 107 cm³/mol. The molecule has 0 unspecified atom stereocenters. The smallest absolute Gasteiger partial charge is 0.274 e. The number of aromatic nitrogens is 1. The summed E-state index contributed by atoms with van der Waals surface area (Å²) in [5.74, 6) is -0.412. The van der Waals surface area contributed by atoms with Crippen molar-refractivity contribution >= 4 is 23.2 Å². The Morgan fingerprint density at radius 1 is 1.07 bits per heavy atom. The van der Waals surface area contributed by atoms with Crippen LogP contribution in [0.25, 0.3) is 0 Å². The van der Waals surface area contributed by atoms with Gasteiger partial charge in [-0.15, -0.1) is 0 Å². The lowest BCUT2D eigenvalue weighted by atomic mass is 10.2. The zero-order valence-corrected chi connectivity index (χ0v) is 15.9. The molecular formula is C21H26N4O2. The second-order valence-electron chi connectivity index (χ2n) is 6.60. The maximum atomic E-state index is 12.5. The Labute approximate surface area is 160 Å². The highest BCUT2D eigenvalue weighted by molar-refractivity contribution is 6.04. The van der Waals surface area contributed by atoms with Crippen LogP contribution in [0.15, 0.2) is 42.6 Å². The van der Waals surface area contributed by atoms with Crippen LogP contribution in [0.3, 0.4) is 0 Å². The van der Waals surface area contributed by atoms with Crippen LogP contribution < -0.4 is 10.2 Å². The first kappa shape index (κ1) is 18.9. The third-order valence-corrected chi connectivity index (χ3v) is 4.89. The van der Waals surface area contributed by atoms with Crippen molar-refractivity contribution in [2.24, 2.45) is 0 Å².